The molecule has 0 aromatic carbocycles. The van der Waals surface area contributed by atoms with Gasteiger partial charge in [-0.1, -0.05) is 13.8 Å². The molecule has 0 radical (unpaired) electrons. The number of hydrogen-bond acceptors (Lipinski definition) is 3. The van der Waals surface area contributed by atoms with Gasteiger partial charge < -0.3 is 5.73 Å². The lowest BCUT2D eigenvalue weighted by molar-refractivity contribution is 0.127. The standard InChI is InChI=1S/C14H23N3/c1-14(2)4-7-17(8-5-14)11-12-3-6-16-13(9-12)10-15/h3,6,9H,4-5,7-8,10-11,15H2,1-2H3. The van der Waals surface area contributed by atoms with Gasteiger partial charge >= 0.3 is 0 Å². The van der Waals surface area contributed by atoms with Crippen molar-refractivity contribution in [2.75, 3.05) is 13.1 Å². The second-order valence-electron chi connectivity index (χ2n) is 5.80. The van der Waals surface area contributed by atoms with E-state index in [2.05, 4.69) is 35.9 Å². The molecule has 94 valence electrons. The Morgan fingerprint density at radius 3 is 2.71 bits per heavy atom. The van der Waals surface area contributed by atoms with Gasteiger partial charge in [0.25, 0.3) is 0 Å². The molecule has 2 N–H and O–H groups in total. The van der Waals surface area contributed by atoms with Gasteiger partial charge in [-0.2, -0.15) is 0 Å². The fraction of sp³-hybridized carbons (Fsp3) is 0.643. The molecule has 0 unspecified atom stereocenters. The van der Waals surface area contributed by atoms with Crippen LogP contribution in [0.5, 0.6) is 0 Å². The number of nitrogens with zero attached hydrogens (tertiary/aromatic N) is 2. The van der Waals surface area contributed by atoms with Crippen molar-refractivity contribution < 1.29 is 0 Å². The van der Waals surface area contributed by atoms with E-state index in [4.69, 9.17) is 5.73 Å². The van der Waals surface area contributed by atoms with Crippen LogP contribution in [0.2, 0.25) is 0 Å². The lowest BCUT2D eigenvalue weighted by Crippen LogP contribution is -2.36. The molecule has 0 amide bonds. The molecule has 1 aromatic heterocycles. The van der Waals surface area contributed by atoms with Crippen LogP contribution in [-0.2, 0) is 13.1 Å². The number of piperidine rings is 1. The van der Waals surface area contributed by atoms with Crippen LogP contribution >= 0.6 is 0 Å². The average Bonchev–Trinajstić information content (AvgIpc) is 2.32. The van der Waals surface area contributed by atoms with Crippen molar-refractivity contribution in [2.24, 2.45) is 11.1 Å². The van der Waals surface area contributed by atoms with E-state index in [0.29, 0.717) is 12.0 Å². The van der Waals surface area contributed by atoms with E-state index in [1.807, 2.05) is 6.20 Å². The van der Waals surface area contributed by atoms with Crippen LogP contribution < -0.4 is 5.73 Å². The van der Waals surface area contributed by atoms with Gasteiger partial charge in [0.15, 0.2) is 0 Å². The van der Waals surface area contributed by atoms with E-state index in [9.17, 15) is 0 Å². The zero-order valence-electron chi connectivity index (χ0n) is 10.9. The summed E-state index contributed by atoms with van der Waals surface area (Å²) in [5.41, 5.74) is 8.46. The first-order chi connectivity index (χ1) is 8.09. The lowest BCUT2D eigenvalue weighted by atomic mass is 9.82. The number of hydrogen-bond donors (Lipinski definition) is 1. The molecule has 0 atom stereocenters. The highest BCUT2D eigenvalue weighted by Gasteiger charge is 2.25. The molecule has 3 heteroatoms. The third kappa shape index (κ3) is 3.51. The third-order valence-electron chi connectivity index (χ3n) is 3.71. The first-order valence-corrected chi connectivity index (χ1v) is 6.45. The Bertz CT molecular complexity index is 363. The quantitative estimate of drug-likeness (QED) is 0.870. The fourth-order valence-electron chi connectivity index (χ4n) is 2.31. The molecule has 1 aliphatic heterocycles. The van der Waals surface area contributed by atoms with Crippen LogP contribution in [0.3, 0.4) is 0 Å². The van der Waals surface area contributed by atoms with Gasteiger partial charge in [-0.05, 0) is 49.0 Å². The minimum atomic E-state index is 0.525. The SMILES string of the molecule is CC1(C)CCN(Cc2ccnc(CN)c2)CC1. The summed E-state index contributed by atoms with van der Waals surface area (Å²) >= 11 is 0. The van der Waals surface area contributed by atoms with Crippen LogP contribution in [0.25, 0.3) is 0 Å². The van der Waals surface area contributed by atoms with Crippen molar-refractivity contribution in [1.82, 2.24) is 9.88 Å². The summed E-state index contributed by atoms with van der Waals surface area (Å²) in [6, 6.07) is 4.22. The minimum Gasteiger partial charge on any atom is -0.325 e. The molecule has 2 heterocycles. The zero-order valence-corrected chi connectivity index (χ0v) is 10.9. The van der Waals surface area contributed by atoms with Crippen LogP contribution in [0.4, 0.5) is 0 Å². The van der Waals surface area contributed by atoms with Gasteiger partial charge in [-0.3, -0.25) is 9.88 Å². The molecule has 2 rings (SSSR count). The number of rotatable bonds is 3. The summed E-state index contributed by atoms with van der Waals surface area (Å²) < 4.78 is 0. The Kier molecular flexibility index (Phi) is 3.79. The first kappa shape index (κ1) is 12.5. The zero-order chi connectivity index (χ0) is 12.3. The Morgan fingerprint density at radius 2 is 2.06 bits per heavy atom. The van der Waals surface area contributed by atoms with E-state index in [1.54, 1.807) is 0 Å². The molecule has 1 fully saturated rings. The van der Waals surface area contributed by atoms with Gasteiger partial charge in [0.05, 0.1) is 5.69 Å². The van der Waals surface area contributed by atoms with Crippen molar-refractivity contribution in [3.63, 3.8) is 0 Å². The third-order valence-corrected chi connectivity index (χ3v) is 3.71. The molecule has 1 saturated heterocycles. The van der Waals surface area contributed by atoms with E-state index in [0.717, 1.165) is 12.2 Å². The fourth-order valence-corrected chi connectivity index (χ4v) is 2.31. The second-order valence-corrected chi connectivity index (χ2v) is 5.80. The highest BCUT2D eigenvalue weighted by atomic mass is 15.1. The molecule has 17 heavy (non-hydrogen) atoms. The van der Waals surface area contributed by atoms with Gasteiger partial charge in [0, 0.05) is 19.3 Å². The van der Waals surface area contributed by atoms with Crippen molar-refractivity contribution >= 4 is 0 Å². The molecular formula is C14H23N3. The minimum absolute atomic E-state index is 0.525. The largest absolute Gasteiger partial charge is 0.325 e. The van der Waals surface area contributed by atoms with Crippen LogP contribution in [0.1, 0.15) is 37.9 Å². The molecule has 0 saturated carbocycles. The van der Waals surface area contributed by atoms with Gasteiger partial charge in [0.2, 0.25) is 0 Å². The number of likely N-dealkylation sites (tertiary alicyclic amines) is 1. The molecule has 3 nitrogen and oxygen atoms in total. The molecule has 0 aliphatic carbocycles. The highest BCUT2D eigenvalue weighted by molar-refractivity contribution is 5.16. The maximum Gasteiger partial charge on any atom is 0.0542 e. The molecular weight excluding hydrogens is 210 g/mol. The van der Waals surface area contributed by atoms with Crippen molar-refractivity contribution in [2.45, 2.75) is 39.8 Å². The Morgan fingerprint density at radius 1 is 1.35 bits per heavy atom. The van der Waals surface area contributed by atoms with Crippen molar-refractivity contribution in [3.05, 3.63) is 29.6 Å². The average molecular weight is 233 g/mol. The number of pyridine rings is 1. The molecule has 0 bridgehead atoms. The first-order valence-electron chi connectivity index (χ1n) is 6.45. The second kappa shape index (κ2) is 5.15. The van der Waals surface area contributed by atoms with E-state index < -0.39 is 0 Å². The number of nitrogens with two attached hydrogens (primary N) is 1. The Balaban J connectivity index is 1.93. The Hall–Kier alpha value is -0.930. The summed E-state index contributed by atoms with van der Waals surface area (Å²) in [5, 5.41) is 0. The predicted octanol–water partition coefficient (Wildman–Crippen LogP) is 2.16. The van der Waals surface area contributed by atoms with Crippen molar-refractivity contribution in [1.29, 1.82) is 0 Å². The van der Waals surface area contributed by atoms with E-state index >= 15 is 0 Å². The normalized spacial score (nSPS) is 20.4. The predicted molar refractivity (Wildman–Crippen MR) is 70.4 cm³/mol. The van der Waals surface area contributed by atoms with Gasteiger partial charge in [0.1, 0.15) is 0 Å². The summed E-state index contributed by atoms with van der Waals surface area (Å²) in [7, 11) is 0. The van der Waals surface area contributed by atoms with Gasteiger partial charge in [-0.25, -0.2) is 0 Å². The van der Waals surface area contributed by atoms with E-state index in [-0.39, 0.29) is 0 Å². The smallest absolute Gasteiger partial charge is 0.0542 e. The van der Waals surface area contributed by atoms with E-state index in [1.165, 1.54) is 31.5 Å². The van der Waals surface area contributed by atoms with Crippen LogP contribution in [0.15, 0.2) is 18.3 Å². The summed E-state index contributed by atoms with van der Waals surface area (Å²) in [4.78, 5) is 6.76. The molecule has 0 spiro atoms. The molecule has 1 aliphatic rings. The summed E-state index contributed by atoms with van der Waals surface area (Å²) in [6.07, 6.45) is 4.45. The maximum atomic E-state index is 5.61. The van der Waals surface area contributed by atoms with Crippen LogP contribution in [0, 0.1) is 5.41 Å². The van der Waals surface area contributed by atoms with Gasteiger partial charge in [-0.15, -0.1) is 0 Å². The topological polar surface area (TPSA) is 42.2 Å². The maximum absolute atomic E-state index is 5.61. The van der Waals surface area contributed by atoms with Crippen LogP contribution in [-0.4, -0.2) is 23.0 Å². The lowest BCUT2D eigenvalue weighted by Gasteiger charge is -2.36. The Labute approximate surface area is 104 Å². The highest BCUT2D eigenvalue weighted by Crippen LogP contribution is 2.30. The monoisotopic (exact) mass is 233 g/mol. The summed E-state index contributed by atoms with van der Waals surface area (Å²) in [5.74, 6) is 0. The van der Waals surface area contributed by atoms with Crippen molar-refractivity contribution in [3.8, 4) is 0 Å². The number of aromatic nitrogens is 1. The molecule has 1 aromatic rings. The summed E-state index contributed by atoms with van der Waals surface area (Å²) in [6.45, 7) is 8.69.